The van der Waals surface area contributed by atoms with Crippen LogP contribution < -0.4 is 11.5 Å². The van der Waals surface area contributed by atoms with E-state index in [1.165, 1.54) is 72.8 Å². The Morgan fingerprint density at radius 3 is 1.07 bits per heavy atom. The summed E-state index contributed by atoms with van der Waals surface area (Å²) < 4.78 is 143. The summed E-state index contributed by atoms with van der Waals surface area (Å²) in [7, 11) is -20.9. The molecule has 0 aliphatic heterocycles. The first-order valence-corrected chi connectivity index (χ1v) is 27.6. The topological polar surface area (TPSA) is 483 Å². The van der Waals surface area contributed by atoms with Gasteiger partial charge in [-0.2, -0.15) is 54.1 Å². The first-order valence-electron chi connectivity index (χ1n) is 21.9. The van der Waals surface area contributed by atoms with E-state index in [0.29, 0.717) is 0 Å². The second kappa shape index (κ2) is 21.6. The lowest BCUT2D eigenvalue weighted by Crippen LogP contribution is -2.02. The zero-order valence-electron chi connectivity index (χ0n) is 39.7. The molecule has 0 radical (unpaired) electrons. The Morgan fingerprint density at radius 1 is 0.400 bits per heavy atom. The van der Waals surface area contributed by atoms with E-state index in [1.54, 1.807) is 0 Å². The van der Waals surface area contributed by atoms with Crippen LogP contribution in [0.4, 0.5) is 56.9 Å². The minimum absolute atomic E-state index is 0.0729. The monoisotopic (exact) mass is 1170 g/mol. The number of nitrogen functional groups attached to an aromatic ring is 2. The van der Waals surface area contributed by atoms with Crippen molar-refractivity contribution in [1.29, 1.82) is 0 Å². The van der Waals surface area contributed by atoms with Crippen molar-refractivity contribution in [3.8, 4) is 11.5 Å². The quantitative estimate of drug-likeness (QED) is 0.0186. The standard InChI is InChI=1S/C48H34N10O18S4/c49-33-13-15-35(55-51-27-5-1-3-25(17-27)47(61)62)31-21-39(79(71,72)73)43(45(59)41(31)33)57-53-29-11-9-23(37(19-29)77(65,66)67)7-8-24-10-12-30(20-38(24)78(68,69)70)54-58-44-40(80(74,75)76)22-32-36(16-14-34(50)42(32)46(44)60)56-52-28-6-2-4-26(18-28)48(63)64/h1-22,59-60H,49-50H2,(H,61,62)(H,63,64)(H,65,66,67)(H,68,69,70)(H,71,72,73)(H,74,75,76)/b8-7+,55-51-,56-52?,57-53?,58-54?. The largest absolute Gasteiger partial charge is 0.505 e. The molecule has 0 fully saturated rings. The summed E-state index contributed by atoms with van der Waals surface area (Å²) >= 11 is 0. The van der Waals surface area contributed by atoms with Gasteiger partial charge in [0.1, 0.15) is 31.0 Å². The van der Waals surface area contributed by atoms with Crippen molar-refractivity contribution >= 4 is 143 Å². The van der Waals surface area contributed by atoms with Crippen LogP contribution in [0.2, 0.25) is 0 Å². The summed E-state index contributed by atoms with van der Waals surface area (Å²) in [4.78, 5) is 18.9. The van der Waals surface area contributed by atoms with Gasteiger partial charge in [0.05, 0.1) is 56.0 Å². The zero-order chi connectivity index (χ0) is 58.2. The number of phenolic OH excluding ortho intramolecular Hbond substituents is 2. The van der Waals surface area contributed by atoms with Gasteiger partial charge in [-0.1, -0.05) is 36.4 Å². The summed E-state index contributed by atoms with van der Waals surface area (Å²) in [5.74, 6) is -4.43. The summed E-state index contributed by atoms with van der Waals surface area (Å²) in [6.07, 6.45) is 1.94. The van der Waals surface area contributed by atoms with Gasteiger partial charge in [-0.05, 0) is 108 Å². The number of fused-ring (bicyclic) bond motifs is 2. The number of phenols is 2. The number of carboxylic acid groups (broad SMARTS) is 2. The predicted molar refractivity (Wildman–Crippen MR) is 285 cm³/mol. The number of anilines is 2. The lowest BCUT2D eigenvalue weighted by Gasteiger charge is -2.12. The van der Waals surface area contributed by atoms with Gasteiger partial charge in [-0.3, -0.25) is 18.2 Å². The maximum Gasteiger partial charge on any atom is 0.335 e. The third-order valence-electron chi connectivity index (χ3n) is 11.3. The Balaban J connectivity index is 1.12. The van der Waals surface area contributed by atoms with Crippen LogP contribution in [0.25, 0.3) is 33.7 Å². The average molecular weight is 1170 g/mol. The first kappa shape index (κ1) is 56.4. The highest BCUT2D eigenvalue weighted by Crippen LogP contribution is 2.48. The first-order chi connectivity index (χ1) is 37.5. The van der Waals surface area contributed by atoms with Gasteiger partial charge in [-0.15, -0.1) is 20.5 Å². The second-order valence-electron chi connectivity index (χ2n) is 16.5. The van der Waals surface area contributed by atoms with E-state index in [0.717, 1.165) is 60.7 Å². The van der Waals surface area contributed by atoms with Crippen LogP contribution >= 0.6 is 0 Å². The maximum atomic E-state index is 12.7. The van der Waals surface area contributed by atoms with E-state index in [2.05, 4.69) is 40.9 Å². The third-order valence-corrected chi connectivity index (χ3v) is 14.8. The van der Waals surface area contributed by atoms with Gasteiger partial charge in [0.25, 0.3) is 40.5 Å². The molecule has 0 saturated heterocycles. The molecule has 0 heterocycles. The van der Waals surface area contributed by atoms with Crippen LogP contribution in [-0.2, 0) is 40.5 Å². The highest BCUT2D eigenvalue weighted by molar-refractivity contribution is 7.86. The van der Waals surface area contributed by atoms with Gasteiger partial charge in [-0.25, -0.2) is 9.59 Å². The molecule has 0 unspecified atom stereocenters. The molecule has 80 heavy (non-hydrogen) atoms. The van der Waals surface area contributed by atoms with Crippen molar-refractivity contribution in [3.05, 3.63) is 144 Å². The molecule has 8 rings (SSSR count). The van der Waals surface area contributed by atoms with Gasteiger partial charge < -0.3 is 31.9 Å². The Labute approximate surface area is 449 Å². The third kappa shape index (κ3) is 12.2. The number of carboxylic acids is 2. The number of aromatic hydroxyl groups is 2. The molecule has 8 aromatic carbocycles. The lowest BCUT2D eigenvalue weighted by atomic mass is 10.0. The van der Waals surface area contributed by atoms with Crippen molar-refractivity contribution in [2.45, 2.75) is 19.6 Å². The van der Waals surface area contributed by atoms with Crippen molar-refractivity contribution in [2.75, 3.05) is 11.5 Å². The van der Waals surface area contributed by atoms with Crippen LogP contribution in [0.1, 0.15) is 31.8 Å². The molecule has 0 amide bonds. The Kier molecular flexibility index (Phi) is 15.2. The molecule has 0 aliphatic carbocycles. The van der Waals surface area contributed by atoms with E-state index >= 15 is 0 Å². The average Bonchev–Trinajstić information content (AvgIpc) is 3.48. The summed E-state index contributed by atoms with van der Waals surface area (Å²) in [6.45, 7) is 0. The molecule has 28 nitrogen and oxygen atoms in total. The minimum atomic E-state index is -5.27. The summed E-state index contributed by atoms with van der Waals surface area (Å²) in [6, 6.07) is 23.0. The fourth-order valence-electron chi connectivity index (χ4n) is 7.61. The van der Waals surface area contributed by atoms with Crippen molar-refractivity contribution in [1.82, 2.24) is 0 Å². The van der Waals surface area contributed by atoms with Gasteiger partial charge in [0.2, 0.25) is 0 Å². The molecular weight excluding hydrogens is 1130 g/mol. The maximum absolute atomic E-state index is 12.7. The lowest BCUT2D eigenvalue weighted by molar-refractivity contribution is 0.0686. The van der Waals surface area contributed by atoms with Crippen molar-refractivity contribution in [2.24, 2.45) is 40.9 Å². The molecule has 8 aromatic rings. The molecule has 0 atom stereocenters. The van der Waals surface area contributed by atoms with Gasteiger partial charge in [0.15, 0.2) is 11.5 Å². The number of benzene rings is 8. The summed E-state index contributed by atoms with van der Waals surface area (Å²) in [5, 5.41) is 71.7. The van der Waals surface area contributed by atoms with Crippen molar-refractivity contribution in [3.63, 3.8) is 0 Å². The molecule has 0 aromatic heterocycles. The number of hydrogen-bond donors (Lipinski definition) is 10. The number of carbonyl (C=O) groups is 2. The number of nitrogens with zero attached hydrogens (tertiary/aromatic N) is 8. The van der Waals surface area contributed by atoms with Crippen molar-refractivity contribution < 1.29 is 81.9 Å². The highest BCUT2D eigenvalue weighted by atomic mass is 32.2. The van der Waals surface area contributed by atoms with E-state index in [9.17, 15) is 81.9 Å². The normalized spacial score (nSPS) is 12.8. The SMILES string of the molecule is Nc1ccc(N=Nc2cccc(C(=O)O)c2)c2cc(S(=O)(=O)O)c(N=Nc3ccc(/C=C/c4ccc(N=Nc5c(S(=O)(=O)O)cc6c(/N=N\c7cccc(C(=O)O)c7)ccc(N)c6c5O)cc4S(=O)(=O)O)c(S(=O)(=O)O)c3)c(O)c12. The van der Waals surface area contributed by atoms with E-state index < -0.39 is 106 Å². The number of nitrogens with two attached hydrogens (primary N) is 2. The molecule has 0 spiro atoms. The number of azo groups is 4. The van der Waals surface area contributed by atoms with Crippen LogP contribution in [0, 0.1) is 0 Å². The number of hydrogen-bond acceptors (Lipinski definition) is 22. The molecule has 0 aliphatic rings. The van der Waals surface area contributed by atoms with Crippen LogP contribution in [0.5, 0.6) is 11.5 Å². The second-order valence-corrected chi connectivity index (χ2v) is 22.1. The Hall–Kier alpha value is -9.80. The van der Waals surface area contributed by atoms with E-state index in [-0.39, 0.29) is 77.9 Å². The molecule has 408 valence electrons. The highest BCUT2D eigenvalue weighted by Gasteiger charge is 2.27. The molecular formula is C48H34N10O18S4. The predicted octanol–water partition coefficient (Wildman–Crippen LogP) is 10.8. The Bertz CT molecular complexity index is 4320. The fraction of sp³-hybridized carbons (Fsp3) is 0. The molecule has 32 heteroatoms. The van der Waals surface area contributed by atoms with E-state index in [1.807, 2.05) is 0 Å². The number of aromatic carboxylic acids is 2. The van der Waals surface area contributed by atoms with Crippen LogP contribution in [0.15, 0.2) is 182 Å². The van der Waals surface area contributed by atoms with E-state index in [4.69, 9.17) is 11.5 Å². The van der Waals surface area contributed by atoms with Gasteiger partial charge >= 0.3 is 11.9 Å². The number of rotatable bonds is 16. The zero-order valence-corrected chi connectivity index (χ0v) is 43.0. The van der Waals surface area contributed by atoms with Gasteiger partial charge in [0, 0.05) is 22.1 Å². The Morgan fingerprint density at radius 2 is 0.738 bits per heavy atom. The molecule has 0 bridgehead atoms. The summed E-state index contributed by atoms with van der Waals surface area (Å²) in [5.41, 5.74) is 8.27. The van der Waals surface area contributed by atoms with Crippen LogP contribution in [-0.4, -0.2) is 84.2 Å². The molecule has 12 N–H and O–H groups in total. The fourth-order valence-corrected chi connectivity index (χ4v) is 10.3. The molecule has 0 saturated carbocycles. The van der Waals surface area contributed by atoms with Crippen LogP contribution in [0.3, 0.4) is 0 Å². The smallest absolute Gasteiger partial charge is 0.335 e. The minimum Gasteiger partial charge on any atom is -0.505 e.